The molecule has 2 aromatic rings. The number of rotatable bonds is 7. The molecular formula is C16H25N3S. The Morgan fingerprint density at radius 3 is 2.85 bits per heavy atom. The second kappa shape index (κ2) is 6.64. The molecule has 4 heteroatoms. The van der Waals surface area contributed by atoms with E-state index in [4.69, 9.17) is 5.73 Å². The lowest BCUT2D eigenvalue weighted by Gasteiger charge is -2.21. The van der Waals surface area contributed by atoms with E-state index in [2.05, 4.69) is 48.9 Å². The van der Waals surface area contributed by atoms with Crippen LogP contribution in [0.15, 0.2) is 23.4 Å². The van der Waals surface area contributed by atoms with Gasteiger partial charge in [-0.15, -0.1) is 0 Å². The number of hydrogen-bond acceptors (Lipinski definition) is 3. The van der Waals surface area contributed by atoms with Crippen LogP contribution in [0.3, 0.4) is 0 Å². The summed E-state index contributed by atoms with van der Waals surface area (Å²) in [5, 5.41) is 1.03. The zero-order valence-electron chi connectivity index (χ0n) is 12.7. The zero-order chi connectivity index (χ0) is 14.6. The predicted molar refractivity (Wildman–Crippen MR) is 88.2 cm³/mol. The molecule has 0 fully saturated rings. The maximum atomic E-state index is 5.75. The third-order valence-electron chi connectivity index (χ3n) is 3.65. The maximum absolute atomic E-state index is 5.75. The minimum atomic E-state index is 0.279. The molecule has 0 bridgehead atoms. The Morgan fingerprint density at radius 2 is 2.10 bits per heavy atom. The summed E-state index contributed by atoms with van der Waals surface area (Å²) in [5.74, 6) is 1.11. The highest BCUT2D eigenvalue weighted by Gasteiger charge is 2.14. The van der Waals surface area contributed by atoms with E-state index in [9.17, 15) is 0 Å². The Bertz CT molecular complexity index is 560. The van der Waals surface area contributed by atoms with Crippen LogP contribution in [0, 0.1) is 12.3 Å². The number of imidazole rings is 1. The molecule has 0 aliphatic rings. The summed E-state index contributed by atoms with van der Waals surface area (Å²) in [6, 6.07) is 6.33. The summed E-state index contributed by atoms with van der Waals surface area (Å²) in [4.78, 5) is 7.99. The Balaban J connectivity index is 1.78. The molecular weight excluding hydrogens is 266 g/mol. The first-order valence-corrected chi connectivity index (χ1v) is 8.28. The predicted octanol–water partition coefficient (Wildman–Crippen LogP) is 4.12. The number of nitrogens with two attached hydrogens (primary N) is 1. The number of nitrogens with one attached hydrogen (secondary N) is 1. The SMILES string of the molecule is Cc1ccc2nc(SCCCCC(C)(C)CN)[nH]c2c1. The molecule has 1 heterocycles. The average molecular weight is 291 g/mol. The van der Waals surface area contributed by atoms with Crippen molar-refractivity contribution in [1.82, 2.24) is 9.97 Å². The minimum Gasteiger partial charge on any atom is -0.333 e. The number of benzene rings is 1. The summed E-state index contributed by atoms with van der Waals surface area (Å²) >= 11 is 1.81. The van der Waals surface area contributed by atoms with Crippen molar-refractivity contribution in [2.45, 2.75) is 45.2 Å². The van der Waals surface area contributed by atoms with Gasteiger partial charge in [-0.25, -0.2) is 4.98 Å². The number of nitrogens with zero attached hydrogens (tertiary/aromatic N) is 1. The Hall–Kier alpha value is -1.00. The van der Waals surface area contributed by atoms with Gasteiger partial charge in [0, 0.05) is 5.75 Å². The van der Waals surface area contributed by atoms with Crippen molar-refractivity contribution in [3.63, 3.8) is 0 Å². The average Bonchev–Trinajstić information content (AvgIpc) is 2.80. The molecule has 0 unspecified atom stereocenters. The second-order valence-corrected chi connectivity index (χ2v) is 7.32. The lowest BCUT2D eigenvalue weighted by Crippen LogP contribution is -2.23. The fourth-order valence-corrected chi connectivity index (χ4v) is 3.03. The third kappa shape index (κ3) is 4.25. The van der Waals surface area contributed by atoms with Crippen molar-refractivity contribution in [3.8, 4) is 0 Å². The molecule has 0 aliphatic carbocycles. The van der Waals surface area contributed by atoms with E-state index in [0.717, 1.165) is 28.5 Å². The molecule has 0 atom stereocenters. The fraction of sp³-hybridized carbons (Fsp3) is 0.562. The number of aryl methyl sites for hydroxylation is 1. The number of hydrogen-bond donors (Lipinski definition) is 2. The van der Waals surface area contributed by atoms with Crippen molar-refractivity contribution >= 4 is 22.8 Å². The van der Waals surface area contributed by atoms with E-state index >= 15 is 0 Å². The van der Waals surface area contributed by atoms with Gasteiger partial charge in [0.1, 0.15) is 0 Å². The first-order valence-electron chi connectivity index (χ1n) is 7.29. The summed E-state index contributed by atoms with van der Waals surface area (Å²) in [7, 11) is 0. The van der Waals surface area contributed by atoms with Gasteiger partial charge in [0.15, 0.2) is 5.16 Å². The van der Waals surface area contributed by atoms with Gasteiger partial charge < -0.3 is 10.7 Å². The Kier molecular flexibility index (Phi) is 5.11. The monoisotopic (exact) mass is 291 g/mol. The maximum Gasteiger partial charge on any atom is 0.166 e. The number of unbranched alkanes of at least 4 members (excludes halogenated alkanes) is 1. The molecule has 0 amide bonds. The highest BCUT2D eigenvalue weighted by molar-refractivity contribution is 7.99. The van der Waals surface area contributed by atoms with Gasteiger partial charge in [0.05, 0.1) is 11.0 Å². The summed E-state index contributed by atoms with van der Waals surface area (Å²) in [6.07, 6.45) is 3.64. The van der Waals surface area contributed by atoms with Gasteiger partial charge in [-0.1, -0.05) is 38.1 Å². The highest BCUT2D eigenvalue weighted by Crippen LogP contribution is 2.24. The molecule has 3 nitrogen and oxygen atoms in total. The summed E-state index contributed by atoms with van der Waals surface area (Å²) in [5.41, 5.74) is 9.49. The van der Waals surface area contributed by atoms with Crippen LogP contribution in [-0.2, 0) is 0 Å². The molecule has 0 spiro atoms. The fourth-order valence-electron chi connectivity index (χ4n) is 2.14. The lowest BCUT2D eigenvalue weighted by atomic mass is 9.88. The molecule has 20 heavy (non-hydrogen) atoms. The standard InChI is InChI=1S/C16H25N3S/c1-12-6-7-13-14(10-12)19-15(18-13)20-9-5-4-8-16(2,3)11-17/h6-7,10H,4-5,8-9,11,17H2,1-3H3,(H,18,19). The molecule has 1 aromatic carbocycles. The molecule has 110 valence electrons. The normalized spacial score (nSPS) is 12.2. The van der Waals surface area contributed by atoms with Gasteiger partial charge in [-0.2, -0.15) is 0 Å². The van der Waals surface area contributed by atoms with Crippen molar-refractivity contribution < 1.29 is 0 Å². The molecule has 1 aromatic heterocycles. The smallest absolute Gasteiger partial charge is 0.166 e. The Morgan fingerprint density at radius 1 is 1.30 bits per heavy atom. The summed E-state index contributed by atoms with van der Waals surface area (Å²) in [6.45, 7) is 7.35. The molecule has 0 saturated heterocycles. The van der Waals surface area contributed by atoms with Crippen LogP contribution in [0.25, 0.3) is 11.0 Å². The molecule has 0 aliphatic heterocycles. The number of aromatic amines is 1. The number of aromatic nitrogens is 2. The quantitative estimate of drug-likeness (QED) is 0.596. The van der Waals surface area contributed by atoms with Gasteiger partial charge >= 0.3 is 0 Å². The van der Waals surface area contributed by atoms with Gasteiger partial charge in [-0.3, -0.25) is 0 Å². The van der Waals surface area contributed by atoms with Crippen LogP contribution in [-0.4, -0.2) is 22.3 Å². The number of thioether (sulfide) groups is 1. The van der Waals surface area contributed by atoms with Gasteiger partial charge in [0.2, 0.25) is 0 Å². The molecule has 0 radical (unpaired) electrons. The van der Waals surface area contributed by atoms with E-state index in [-0.39, 0.29) is 5.41 Å². The van der Waals surface area contributed by atoms with Crippen LogP contribution >= 0.6 is 11.8 Å². The minimum absolute atomic E-state index is 0.279. The van der Waals surface area contributed by atoms with E-state index in [1.807, 2.05) is 11.8 Å². The number of fused-ring (bicyclic) bond motifs is 1. The Labute approximate surface area is 125 Å². The number of H-pyrrole nitrogens is 1. The molecule has 2 rings (SSSR count). The van der Waals surface area contributed by atoms with Crippen molar-refractivity contribution in [2.24, 2.45) is 11.1 Å². The zero-order valence-corrected chi connectivity index (χ0v) is 13.5. The molecule has 3 N–H and O–H groups in total. The molecule has 0 saturated carbocycles. The van der Waals surface area contributed by atoms with Crippen LogP contribution in [0.4, 0.5) is 0 Å². The van der Waals surface area contributed by atoms with Gasteiger partial charge in [-0.05, 0) is 49.4 Å². The van der Waals surface area contributed by atoms with Crippen LogP contribution in [0.1, 0.15) is 38.7 Å². The lowest BCUT2D eigenvalue weighted by molar-refractivity contribution is 0.336. The van der Waals surface area contributed by atoms with E-state index in [1.54, 1.807) is 0 Å². The van der Waals surface area contributed by atoms with E-state index in [1.165, 1.54) is 24.8 Å². The van der Waals surface area contributed by atoms with E-state index < -0.39 is 0 Å². The van der Waals surface area contributed by atoms with Crippen LogP contribution in [0.5, 0.6) is 0 Å². The van der Waals surface area contributed by atoms with Crippen molar-refractivity contribution in [3.05, 3.63) is 23.8 Å². The highest BCUT2D eigenvalue weighted by atomic mass is 32.2. The second-order valence-electron chi connectivity index (χ2n) is 6.24. The third-order valence-corrected chi connectivity index (χ3v) is 4.61. The first-order chi connectivity index (χ1) is 9.50. The largest absolute Gasteiger partial charge is 0.333 e. The van der Waals surface area contributed by atoms with Crippen molar-refractivity contribution in [2.75, 3.05) is 12.3 Å². The van der Waals surface area contributed by atoms with Gasteiger partial charge in [0.25, 0.3) is 0 Å². The van der Waals surface area contributed by atoms with Crippen LogP contribution in [0.2, 0.25) is 0 Å². The van der Waals surface area contributed by atoms with E-state index in [0.29, 0.717) is 0 Å². The summed E-state index contributed by atoms with van der Waals surface area (Å²) < 4.78 is 0. The van der Waals surface area contributed by atoms with Crippen LogP contribution < -0.4 is 5.73 Å². The topological polar surface area (TPSA) is 54.7 Å². The van der Waals surface area contributed by atoms with Crippen molar-refractivity contribution in [1.29, 1.82) is 0 Å². The first kappa shape index (κ1) is 15.4.